The first-order valence-corrected chi connectivity index (χ1v) is 6.24. The fourth-order valence-corrected chi connectivity index (χ4v) is 1.92. The molecule has 0 saturated carbocycles. The summed E-state index contributed by atoms with van der Waals surface area (Å²) in [5.74, 6) is 2.74. The van der Waals surface area contributed by atoms with E-state index in [1.54, 1.807) is 16.8 Å². The standard InChI is InChI=1S/C14H11FN6/c1-2-7-16-13-12-14(18-9-17-13)21(20-19-12)8-10-3-5-11(15)6-4-10/h1,3-6,9H,7-8H2,(H,16,17,18). The van der Waals surface area contributed by atoms with E-state index in [1.807, 2.05) is 0 Å². The van der Waals surface area contributed by atoms with E-state index >= 15 is 0 Å². The molecule has 0 amide bonds. The van der Waals surface area contributed by atoms with Crippen LogP contribution in [-0.2, 0) is 6.54 Å². The summed E-state index contributed by atoms with van der Waals surface area (Å²) in [6, 6.07) is 6.20. The van der Waals surface area contributed by atoms with Gasteiger partial charge in [-0.1, -0.05) is 23.3 Å². The SMILES string of the molecule is C#CCNc1ncnc2c1nnn2Cc1ccc(F)cc1. The molecule has 0 bridgehead atoms. The van der Waals surface area contributed by atoms with E-state index in [1.165, 1.54) is 18.5 Å². The Balaban J connectivity index is 1.93. The molecule has 0 atom stereocenters. The molecule has 2 aromatic heterocycles. The lowest BCUT2D eigenvalue weighted by Crippen LogP contribution is -2.04. The Morgan fingerprint density at radius 1 is 1.24 bits per heavy atom. The van der Waals surface area contributed by atoms with Gasteiger partial charge in [0.05, 0.1) is 13.1 Å². The van der Waals surface area contributed by atoms with Crippen LogP contribution in [0.4, 0.5) is 10.2 Å². The number of anilines is 1. The summed E-state index contributed by atoms with van der Waals surface area (Å²) in [6.07, 6.45) is 6.63. The summed E-state index contributed by atoms with van der Waals surface area (Å²) >= 11 is 0. The molecule has 0 saturated heterocycles. The molecule has 1 aromatic carbocycles. The summed E-state index contributed by atoms with van der Waals surface area (Å²) in [5.41, 5.74) is 2.05. The second-order valence-corrected chi connectivity index (χ2v) is 4.33. The van der Waals surface area contributed by atoms with Gasteiger partial charge in [-0.15, -0.1) is 11.5 Å². The first kappa shape index (κ1) is 13.0. The van der Waals surface area contributed by atoms with Crippen molar-refractivity contribution in [2.75, 3.05) is 11.9 Å². The molecule has 0 aliphatic heterocycles. The smallest absolute Gasteiger partial charge is 0.184 e. The molecule has 0 fully saturated rings. The van der Waals surface area contributed by atoms with Crippen LogP contribution in [-0.4, -0.2) is 31.5 Å². The van der Waals surface area contributed by atoms with Crippen LogP contribution in [0.1, 0.15) is 5.56 Å². The van der Waals surface area contributed by atoms with Crippen molar-refractivity contribution in [1.29, 1.82) is 0 Å². The van der Waals surface area contributed by atoms with Crippen LogP contribution in [0.3, 0.4) is 0 Å². The van der Waals surface area contributed by atoms with Crippen molar-refractivity contribution >= 4 is 17.0 Å². The van der Waals surface area contributed by atoms with Gasteiger partial charge in [-0.25, -0.2) is 19.0 Å². The molecule has 3 rings (SSSR count). The third-order valence-corrected chi connectivity index (χ3v) is 2.90. The molecule has 2 heterocycles. The van der Waals surface area contributed by atoms with Crippen LogP contribution in [0.25, 0.3) is 11.2 Å². The van der Waals surface area contributed by atoms with Crippen LogP contribution in [0.15, 0.2) is 30.6 Å². The first-order chi connectivity index (χ1) is 10.3. The predicted octanol–water partition coefficient (Wildman–Crippen LogP) is 1.45. The highest BCUT2D eigenvalue weighted by molar-refractivity contribution is 5.81. The molecule has 1 N–H and O–H groups in total. The Hall–Kier alpha value is -3.01. The quantitative estimate of drug-likeness (QED) is 0.734. The molecule has 6 nitrogen and oxygen atoms in total. The predicted molar refractivity (Wildman–Crippen MR) is 75.9 cm³/mol. The Labute approximate surface area is 120 Å². The zero-order valence-electron chi connectivity index (χ0n) is 11.0. The van der Waals surface area contributed by atoms with Crippen LogP contribution >= 0.6 is 0 Å². The maximum Gasteiger partial charge on any atom is 0.184 e. The van der Waals surface area contributed by atoms with Gasteiger partial charge in [0.25, 0.3) is 0 Å². The number of rotatable bonds is 4. The fraction of sp³-hybridized carbons (Fsp3) is 0.143. The lowest BCUT2D eigenvalue weighted by molar-refractivity contribution is 0.623. The van der Waals surface area contributed by atoms with Crippen LogP contribution in [0.5, 0.6) is 0 Å². The van der Waals surface area contributed by atoms with Crippen molar-refractivity contribution in [3.63, 3.8) is 0 Å². The van der Waals surface area contributed by atoms with Gasteiger partial charge in [0.1, 0.15) is 12.1 Å². The molecule has 21 heavy (non-hydrogen) atoms. The molecular weight excluding hydrogens is 271 g/mol. The van der Waals surface area contributed by atoms with Gasteiger partial charge in [-0.3, -0.25) is 0 Å². The number of hydrogen-bond acceptors (Lipinski definition) is 5. The minimum absolute atomic E-state index is 0.273. The van der Waals surface area contributed by atoms with E-state index in [0.717, 1.165) is 5.56 Å². The van der Waals surface area contributed by atoms with Crippen molar-refractivity contribution in [2.24, 2.45) is 0 Å². The lowest BCUT2D eigenvalue weighted by Gasteiger charge is -2.03. The summed E-state index contributed by atoms with van der Waals surface area (Å²) in [4.78, 5) is 8.28. The van der Waals surface area contributed by atoms with E-state index in [2.05, 4.69) is 31.5 Å². The first-order valence-electron chi connectivity index (χ1n) is 6.24. The van der Waals surface area contributed by atoms with E-state index in [0.29, 0.717) is 30.1 Å². The van der Waals surface area contributed by atoms with Crippen molar-refractivity contribution < 1.29 is 4.39 Å². The average Bonchev–Trinajstić information content (AvgIpc) is 2.91. The molecule has 3 aromatic rings. The molecule has 0 unspecified atom stereocenters. The largest absolute Gasteiger partial charge is 0.357 e. The van der Waals surface area contributed by atoms with Crippen LogP contribution in [0, 0.1) is 18.2 Å². The van der Waals surface area contributed by atoms with E-state index in [9.17, 15) is 4.39 Å². The van der Waals surface area contributed by atoms with Crippen LogP contribution < -0.4 is 5.32 Å². The molecular formula is C14H11FN6. The molecule has 7 heteroatoms. The Kier molecular flexibility index (Phi) is 3.43. The Morgan fingerprint density at radius 3 is 2.81 bits per heavy atom. The minimum Gasteiger partial charge on any atom is -0.357 e. The number of fused-ring (bicyclic) bond motifs is 1. The maximum atomic E-state index is 12.9. The highest BCUT2D eigenvalue weighted by Crippen LogP contribution is 2.16. The zero-order chi connectivity index (χ0) is 14.7. The van der Waals surface area contributed by atoms with Gasteiger partial charge in [0.15, 0.2) is 17.0 Å². The van der Waals surface area contributed by atoms with E-state index in [4.69, 9.17) is 6.42 Å². The normalized spacial score (nSPS) is 10.5. The number of aromatic nitrogens is 5. The molecule has 0 spiro atoms. The second-order valence-electron chi connectivity index (χ2n) is 4.33. The van der Waals surface area contributed by atoms with Crippen molar-refractivity contribution in [2.45, 2.75) is 6.54 Å². The fourth-order valence-electron chi connectivity index (χ4n) is 1.92. The number of terminal acetylenes is 1. The van der Waals surface area contributed by atoms with Gasteiger partial charge in [-0.2, -0.15) is 0 Å². The maximum absolute atomic E-state index is 12.9. The monoisotopic (exact) mass is 282 g/mol. The number of hydrogen-bond donors (Lipinski definition) is 1. The highest BCUT2D eigenvalue weighted by atomic mass is 19.1. The van der Waals surface area contributed by atoms with Crippen LogP contribution in [0.2, 0.25) is 0 Å². The van der Waals surface area contributed by atoms with Crippen molar-refractivity contribution in [1.82, 2.24) is 25.0 Å². The number of benzene rings is 1. The van der Waals surface area contributed by atoms with Gasteiger partial charge < -0.3 is 5.32 Å². The Morgan fingerprint density at radius 2 is 2.05 bits per heavy atom. The molecule has 0 radical (unpaired) electrons. The molecule has 0 aliphatic rings. The summed E-state index contributed by atoms with van der Waals surface area (Å²) in [5, 5.41) is 11.1. The van der Waals surface area contributed by atoms with E-state index in [-0.39, 0.29) is 5.82 Å². The second kappa shape index (κ2) is 5.54. The highest BCUT2D eigenvalue weighted by Gasteiger charge is 2.11. The number of nitrogens with zero attached hydrogens (tertiary/aromatic N) is 5. The number of nitrogens with one attached hydrogen (secondary N) is 1. The van der Waals surface area contributed by atoms with Gasteiger partial charge in [0, 0.05) is 0 Å². The topological polar surface area (TPSA) is 68.5 Å². The minimum atomic E-state index is -0.273. The summed E-state index contributed by atoms with van der Waals surface area (Å²) in [7, 11) is 0. The van der Waals surface area contributed by atoms with E-state index < -0.39 is 0 Å². The van der Waals surface area contributed by atoms with Gasteiger partial charge in [-0.05, 0) is 17.7 Å². The summed E-state index contributed by atoms with van der Waals surface area (Å²) in [6.45, 7) is 0.791. The van der Waals surface area contributed by atoms with Crippen molar-refractivity contribution in [3.8, 4) is 12.3 Å². The van der Waals surface area contributed by atoms with Gasteiger partial charge in [0.2, 0.25) is 0 Å². The zero-order valence-corrected chi connectivity index (χ0v) is 11.0. The summed E-state index contributed by atoms with van der Waals surface area (Å²) < 4.78 is 14.5. The average molecular weight is 282 g/mol. The third-order valence-electron chi connectivity index (χ3n) is 2.90. The van der Waals surface area contributed by atoms with Gasteiger partial charge >= 0.3 is 0 Å². The third kappa shape index (κ3) is 2.65. The lowest BCUT2D eigenvalue weighted by atomic mass is 10.2. The Bertz CT molecular complexity index is 802. The molecule has 104 valence electrons. The van der Waals surface area contributed by atoms with Crippen molar-refractivity contribution in [3.05, 3.63) is 42.0 Å². The molecule has 0 aliphatic carbocycles. The number of halogens is 1.